The van der Waals surface area contributed by atoms with Crippen molar-refractivity contribution < 1.29 is 9.59 Å². The van der Waals surface area contributed by atoms with Crippen molar-refractivity contribution in [1.82, 2.24) is 4.90 Å². The summed E-state index contributed by atoms with van der Waals surface area (Å²) in [6.07, 6.45) is 5.16. The van der Waals surface area contributed by atoms with Gasteiger partial charge in [0.15, 0.2) is 0 Å². The molecule has 2 saturated carbocycles. The molecule has 0 bridgehead atoms. The van der Waals surface area contributed by atoms with Crippen LogP contribution in [-0.2, 0) is 9.59 Å². The van der Waals surface area contributed by atoms with Crippen LogP contribution in [0.4, 0.5) is 0 Å². The predicted octanol–water partition coefficient (Wildman–Crippen LogP) is 0.935. The van der Waals surface area contributed by atoms with Gasteiger partial charge in [-0.15, -0.1) is 0 Å². The van der Waals surface area contributed by atoms with Crippen molar-refractivity contribution >= 4 is 11.8 Å². The molecule has 0 atom stereocenters. The standard InChI is InChI=1S/C10H13NO2/c1-11-7(12)10(8(11)13)4-2-3-9(10)5-6-9/h2-6H2,1H3. The van der Waals surface area contributed by atoms with E-state index in [0.29, 0.717) is 0 Å². The Balaban J connectivity index is 2.06. The topological polar surface area (TPSA) is 37.4 Å². The first kappa shape index (κ1) is 7.54. The highest BCUT2D eigenvalue weighted by Crippen LogP contribution is 2.71. The van der Waals surface area contributed by atoms with E-state index in [0.717, 1.165) is 32.1 Å². The van der Waals surface area contributed by atoms with Gasteiger partial charge in [-0.25, -0.2) is 0 Å². The van der Waals surface area contributed by atoms with Crippen LogP contribution in [0, 0.1) is 10.8 Å². The number of fused-ring (bicyclic) bond motifs is 1. The van der Waals surface area contributed by atoms with Crippen LogP contribution in [0.15, 0.2) is 0 Å². The summed E-state index contributed by atoms with van der Waals surface area (Å²) >= 11 is 0. The average molecular weight is 179 g/mol. The van der Waals surface area contributed by atoms with Gasteiger partial charge in [-0.05, 0) is 31.1 Å². The Labute approximate surface area is 77.1 Å². The molecule has 3 nitrogen and oxygen atoms in total. The maximum atomic E-state index is 11.8. The van der Waals surface area contributed by atoms with Crippen LogP contribution in [0.2, 0.25) is 0 Å². The number of likely N-dealkylation sites (tertiary alicyclic amines) is 1. The second-order valence-electron chi connectivity index (χ2n) is 4.71. The number of hydrogen-bond acceptors (Lipinski definition) is 2. The number of rotatable bonds is 0. The first-order valence-electron chi connectivity index (χ1n) is 4.97. The summed E-state index contributed by atoms with van der Waals surface area (Å²) in [6, 6.07) is 0. The molecule has 3 fully saturated rings. The Hall–Kier alpha value is -0.860. The average Bonchev–Trinajstić information content (AvgIpc) is 2.79. The highest BCUT2D eigenvalue weighted by Gasteiger charge is 2.75. The molecular weight excluding hydrogens is 166 g/mol. The van der Waals surface area contributed by atoms with Gasteiger partial charge in [0.2, 0.25) is 11.8 Å². The van der Waals surface area contributed by atoms with Crippen LogP contribution >= 0.6 is 0 Å². The van der Waals surface area contributed by atoms with Gasteiger partial charge < -0.3 is 0 Å². The molecule has 1 aliphatic heterocycles. The quantitative estimate of drug-likeness (QED) is 0.410. The van der Waals surface area contributed by atoms with Crippen molar-refractivity contribution in [3.8, 4) is 0 Å². The van der Waals surface area contributed by atoms with E-state index in [4.69, 9.17) is 0 Å². The van der Waals surface area contributed by atoms with Gasteiger partial charge in [0.05, 0.1) is 0 Å². The summed E-state index contributed by atoms with van der Waals surface area (Å²) in [4.78, 5) is 24.8. The van der Waals surface area contributed by atoms with E-state index in [-0.39, 0.29) is 17.2 Å². The third kappa shape index (κ3) is 0.550. The fraction of sp³-hybridized carbons (Fsp3) is 0.800. The smallest absolute Gasteiger partial charge is 0.245 e. The molecule has 70 valence electrons. The second-order valence-corrected chi connectivity index (χ2v) is 4.71. The zero-order chi connectivity index (χ0) is 9.27. The first-order chi connectivity index (χ1) is 6.14. The Morgan fingerprint density at radius 3 is 2.23 bits per heavy atom. The lowest BCUT2D eigenvalue weighted by molar-refractivity contribution is -0.179. The Morgan fingerprint density at radius 1 is 1.08 bits per heavy atom. The highest BCUT2D eigenvalue weighted by molar-refractivity contribution is 6.22. The summed E-state index contributed by atoms with van der Waals surface area (Å²) in [5, 5.41) is 0. The molecule has 2 aliphatic carbocycles. The van der Waals surface area contributed by atoms with E-state index in [2.05, 4.69) is 0 Å². The molecule has 0 unspecified atom stereocenters. The molecule has 0 N–H and O–H groups in total. The molecule has 0 aromatic rings. The second kappa shape index (κ2) is 1.81. The van der Waals surface area contributed by atoms with Crippen molar-refractivity contribution in [2.45, 2.75) is 32.1 Å². The van der Waals surface area contributed by atoms with E-state index in [1.807, 2.05) is 0 Å². The fourth-order valence-corrected chi connectivity index (χ4v) is 3.37. The van der Waals surface area contributed by atoms with Gasteiger partial charge in [0, 0.05) is 7.05 Å². The van der Waals surface area contributed by atoms with Crippen LogP contribution in [0.3, 0.4) is 0 Å². The SMILES string of the molecule is CN1C(=O)C2(CCCC23CC3)C1=O. The van der Waals surface area contributed by atoms with Crippen LogP contribution in [0.25, 0.3) is 0 Å². The highest BCUT2D eigenvalue weighted by atomic mass is 16.2. The molecule has 0 aromatic carbocycles. The van der Waals surface area contributed by atoms with E-state index in [1.165, 1.54) is 4.90 Å². The van der Waals surface area contributed by atoms with Crippen LogP contribution < -0.4 is 0 Å². The number of nitrogens with zero attached hydrogens (tertiary/aromatic N) is 1. The zero-order valence-electron chi connectivity index (χ0n) is 7.80. The summed E-state index contributed by atoms with van der Waals surface area (Å²) in [6.45, 7) is 0. The van der Waals surface area contributed by atoms with Gasteiger partial charge >= 0.3 is 0 Å². The maximum Gasteiger partial charge on any atom is 0.245 e. The van der Waals surface area contributed by atoms with Gasteiger partial charge in [-0.2, -0.15) is 0 Å². The Kier molecular flexibility index (Phi) is 1.05. The fourth-order valence-electron chi connectivity index (χ4n) is 3.37. The van der Waals surface area contributed by atoms with Crippen LogP contribution in [0.1, 0.15) is 32.1 Å². The first-order valence-corrected chi connectivity index (χ1v) is 4.97. The summed E-state index contributed by atoms with van der Waals surface area (Å²) in [5.41, 5.74) is -0.421. The summed E-state index contributed by atoms with van der Waals surface area (Å²) in [5.74, 6) is 0.181. The molecule has 3 heteroatoms. The number of imide groups is 1. The van der Waals surface area contributed by atoms with E-state index in [9.17, 15) is 9.59 Å². The molecule has 3 aliphatic rings. The van der Waals surface area contributed by atoms with E-state index in [1.54, 1.807) is 7.05 Å². The molecule has 13 heavy (non-hydrogen) atoms. The number of β-lactam (4-membered cyclic amide) rings is 2. The van der Waals surface area contributed by atoms with Crippen LogP contribution in [0.5, 0.6) is 0 Å². The number of hydrogen-bond donors (Lipinski definition) is 0. The Morgan fingerprint density at radius 2 is 1.69 bits per heavy atom. The normalized spacial score (nSPS) is 32.8. The van der Waals surface area contributed by atoms with Gasteiger partial charge in [-0.3, -0.25) is 14.5 Å². The molecule has 2 amide bonds. The molecule has 1 heterocycles. The number of carbonyl (C=O) groups is 2. The molecular formula is C10H13NO2. The van der Waals surface area contributed by atoms with Gasteiger partial charge in [-0.1, -0.05) is 6.42 Å². The van der Waals surface area contributed by atoms with Crippen molar-refractivity contribution in [1.29, 1.82) is 0 Å². The van der Waals surface area contributed by atoms with Gasteiger partial charge in [0.25, 0.3) is 0 Å². The molecule has 0 aromatic heterocycles. The summed E-state index contributed by atoms with van der Waals surface area (Å²) < 4.78 is 0. The van der Waals surface area contributed by atoms with Crippen LogP contribution in [-0.4, -0.2) is 23.8 Å². The van der Waals surface area contributed by atoms with Crippen molar-refractivity contribution in [2.24, 2.45) is 10.8 Å². The van der Waals surface area contributed by atoms with Crippen molar-refractivity contribution in [2.75, 3.05) is 7.05 Å². The zero-order valence-corrected chi connectivity index (χ0v) is 7.80. The minimum absolute atomic E-state index is 0.0903. The third-order valence-electron chi connectivity index (χ3n) is 4.31. The monoisotopic (exact) mass is 179 g/mol. The van der Waals surface area contributed by atoms with E-state index < -0.39 is 5.41 Å². The largest absolute Gasteiger partial charge is 0.284 e. The number of carbonyl (C=O) groups excluding carboxylic acids is 2. The molecule has 3 rings (SSSR count). The predicted molar refractivity (Wildman–Crippen MR) is 45.7 cm³/mol. The third-order valence-corrected chi connectivity index (χ3v) is 4.31. The minimum atomic E-state index is -0.540. The summed E-state index contributed by atoms with van der Waals surface area (Å²) in [7, 11) is 1.60. The molecule has 1 saturated heterocycles. The maximum absolute atomic E-state index is 11.8. The minimum Gasteiger partial charge on any atom is -0.284 e. The number of amides is 2. The Bertz CT molecular complexity index is 301. The van der Waals surface area contributed by atoms with Crippen molar-refractivity contribution in [3.63, 3.8) is 0 Å². The molecule has 2 spiro atoms. The van der Waals surface area contributed by atoms with Crippen molar-refractivity contribution in [3.05, 3.63) is 0 Å². The lowest BCUT2D eigenvalue weighted by Gasteiger charge is -2.46. The lowest BCUT2D eigenvalue weighted by Crippen LogP contribution is -2.66. The molecule has 0 radical (unpaired) electrons. The van der Waals surface area contributed by atoms with Gasteiger partial charge in [0.1, 0.15) is 5.41 Å². The lowest BCUT2D eigenvalue weighted by atomic mass is 9.67. The van der Waals surface area contributed by atoms with E-state index >= 15 is 0 Å².